The SMILES string of the molecule is C/C=C/c1ccc2c(c1)O[C@H](CN(C)C(=O)COC)[C@H](C)CN([C@@H](C)CO)S2(=O)=O. The molecule has 1 aliphatic heterocycles. The Morgan fingerprint density at radius 2 is 2.17 bits per heavy atom. The van der Waals surface area contributed by atoms with Crippen LogP contribution in [0, 0.1) is 5.92 Å². The smallest absolute Gasteiger partial charge is 0.248 e. The summed E-state index contributed by atoms with van der Waals surface area (Å²) in [5.41, 5.74) is 0.809. The fraction of sp³-hybridized carbons (Fsp3) is 0.571. The first-order chi connectivity index (χ1) is 14.1. The van der Waals surface area contributed by atoms with Crippen LogP contribution in [0.25, 0.3) is 6.08 Å². The fourth-order valence-electron chi connectivity index (χ4n) is 3.36. The van der Waals surface area contributed by atoms with Gasteiger partial charge in [0.15, 0.2) is 0 Å². The largest absolute Gasteiger partial charge is 0.487 e. The van der Waals surface area contributed by atoms with Crippen molar-refractivity contribution in [2.45, 2.75) is 37.8 Å². The summed E-state index contributed by atoms with van der Waals surface area (Å²) in [6.07, 6.45) is 3.27. The molecule has 0 saturated carbocycles. The zero-order chi connectivity index (χ0) is 22.5. The lowest BCUT2D eigenvalue weighted by Gasteiger charge is -2.37. The molecule has 1 amide bonds. The molecule has 0 bridgehead atoms. The Balaban J connectivity index is 2.52. The number of aliphatic hydroxyl groups is 1. The van der Waals surface area contributed by atoms with Crippen molar-refractivity contribution in [1.29, 1.82) is 0 Å². The third-order valence-corrected chi connectivity index (χ3v) is 7.22. The van der Waals surface area contributed by atoms with E-state index in [1.54, 1.807) is 26.1 Å². The van der Waals surface area contributed by atoms with E-state index in [9.17, 15) is 18.3 Å². The lowest BCUT2D eigenvalue weighted by molar-refractivity contribution is -0.135. The highest BCUT2D eigenvalue weighted by atomic mass is 32.2. The number of benzene rings is 1. The summed E-state index contributed by atoms with van der Waals surface area (Å²) in [7, 11) is -0.750. The molecule has 1 aliphatic rings. The zero-order valence-electron chi connectivity index (χ0n) is 18.2. The number of nitrogens with zero attached hydrogens (tertiary/aromatic N) is 2. The van der Waals surface area contributed by atoms with Gasteiger partial charge in [-0.05, 0) is 31.5 Å². The molecule has 30 heavy (non-hydrogen) atoms. The summed E-state index contributed by atoms with van der Waals surface area (Å²) < 4.78 is 39.1. The first-order valence-corrected chi connectivity index (χ1v) is 11.4. The summed E-state index contributed by atoms with van der Waals surface area (Å²) in [6.45, 7) is 5.53. The maximum Gasteiger partial charge on any atom is 0.248 e. The van der Waals surface area contributed by atoms with Crippen molar-refractivity contribution in [2.24, 2.45) is 5.92 Å². The molecule has 2 rings (SSSR count). The Bertz CT molecular complexity index is 870. The fourth-order valence-corrected chi connectivity index (χ4v) is 5.19. The van der Waals surface area contributed by atoms with Crippen LogP contribution >= 0.6 is 0 Å². The van der Waals surface area contributed by atoms with Gasteiger partial charge in [0.2, 0.25) is 15.9 Å². The average Bonchev–Trinajstić information content (AvgIpc) is 2.70. The number of rotatable bonds is 7. The summed E-state index contributed by atoms with van der Waals surface area (Å²) >= 11 is 0. The van der Waals surface area contributed by atoms with E-state index in [0.29, 0.717) is 0 Å². The molecule has 168 valence electrons. The van der Waals surface area contributed by atoms with E-state index < -0.39 is 22.2 Å². The number of likely N-dealkylation sites (N-methyl/N-ethyl adjacent to an activating group) is 1. The van der Waals surface area contributed by atoms with E-state index in [-0.39, 0.29) is 48.8 Å². The lowest BCUT2D eigenvalue weighted by atomic mass is 10.0. The molecule has 1 aromatic rings. The van der Waals surface area contributed by atoms with Gasteiger partial charge in [0.25, 0.3) is 0 Å². The molecule has 0 unspecified atom stereocenters. The first-order valence-electron chi connectivity index (χ1n) is 9.94. The second kappa shape index (κ2) is 10.4. The van der Waals surface area contributed by atoms with E-state index in [0.717, 1.165) is 5.56 Å². The minimum Gasteiger partial charge on any atom is -0.487 e. The van der Waals surface area contributed by atoms with Crippen molar-refractivity contribution in [3.8, 4) is 5.75 Å². The Kier molecular flexibility index (Phi) is 8.42. The third kappa shape index (κ3) is 5.40. The predicted molar refractivity (Wildman–Crippen MR) is 115 cm³/mol. The Morgan fingerprint density at radius 3 is 2.77 bits per heavy atom. The van der Waals surface area contributed by atoms with Crippen LogP contribution in [0.3, 0.4) is 0 Å². The third-order valence-electron chi connectivity index (χ3n) is 5.20. The molecule has 0 aliphatic carbocycles. The van der Waals surface area contributed by atoms with Crippen molar-refractivity contribution in [2.75, 3.05) is 40.5 Å². The molecule has 0 radical (unpaired) electrons. The van der Waals surface area contributed by atoms with E-state index >= 15 is 0 Å². The normalized spacial score (nSPS) is 22.6. The number of hydrogen-bond acceptors (Lipinski definition) is 6. The van der Waals surface area contributed by atoms with Crippen LogP contribution in [0.5, 0.6) is 5.75 Å². The van der Waals surface area contributed by atoms with Crippen molar-refractivity contribution < 1.29 is 27.8 Å². The van der Waals surface area contributed by atoms with Gasteiger partial charge in [0, 0.05) is 32.7 Å². The van der Waals surface area contributed by atoms with Crippen LogP contribution in [0.4, 0.5) is 0 Å². The topological polar surface area (TPSA) is 96.4 Å². The van der Waals surface area contributed by atoms with Crippen molar-refractivity contribution in [3.05, 3.63) is 29.8 Å². The molecule has 3 atom stereocenters. The van der Waals surface area contributed by atoms with E-state index in [4.69, 9.17) is 9.47 Å². The molecule has 0 spiro atoms. The minimum atomic E-state index is -3.87. The first kappa shape index (κ1) is 24.3. The maximum atomic E-state index is 13.4. The van der Waals surface area contributed by atoms with Gasteiger partial charge in [-0.2, -0.15) is 4.31 Å². The van der Waals surface area contributed by atoms with Gasteiger partial charge in [0.05, 0.1) is 13.2 Å². The van der Waals surface area contributed by atoms with Crippen LogP contribution in [0.1, 0.15) is 26.3 Å². The summed E-state index contributed by atoms with van der Waals surface area (Å²) in [6, 6.07) is 4.35. The summed E-state index contributed by atoms with van der Waals surface area (Å²) in [4.78, 5) is 13.8. The van der Waals surface area contributed by atoms with Gasteiger partial charge in [-0.25, -0.2) is 8.42 Å². The number of carbonyl (C=O) groups excluding carboxylic acids is 1. The number of fused-ring (bicyclic) bond motifs is 1. The van der Waals surface area contributed by atoms with Crippen molar-refractivity contribution in [1.82, 2.24) is 9.21 Å². The number of amides is 1. The lowest BCUT2D eigenvalue weighted by Crippen LogP contribution is -2.50. The van der Waals surface area contributed by atoms with Gasteiger partial charge < -0.3 is 19.5 Å². The van der Waals surface area contributed by atoms with E-state index in [2.05, 4.69) is 0 Å². The van der Waals surface area contributed by atoms with Crippen LogP contribution in [-0.2, 0) is 19.6 Å². The molecule has 8 nitrogen and oxygen atoms in total. The molecule has 9 heteroatoms. The number of ether oxygens (including phenoxy) is 2. The van der Waals surface area contributed by atoms with Gasteiger partial charge in [-0.1, -0.05) is 25.1 Å². The monoisotopic (exact) mass is 440 g/mol. The van der Waals surface area contributed by atoms with Gasteiger partial charge >= 0.3 is 0 Å². The molecule has 0 saturated heterocycles. The number of methoxy groups -OCH3 is 1. The Labute approximate surface area is 179 Å². The van der Waals surface area contributed by atoms with Crippen molar-refractivity contribution in [3.63, 3.8) is 0 Å². The molecule has 1 heterocycles. The Hall–Kier alpha value is -1.94. The van der Waals surface area contributed by atoms with Gasteiger partial charge in [-0.3, -0.25) is 4.79 Å². The molecule has 0 aromatic heterocycles. The molecular weight excluding hydrogens is 408 g/mol. The number of aliphatic hydroxyl groups excluding tert-OH is 1. The zero-order valence-corrected chi connectivity index (χ0v) is 19.1. The van der Waals surface area contributed by atoms with Crippen LogP contribution in [0.2, 0.25) is 0 Å². The Morgan fingerprint density at radius 1 is 1.47 bits per heavy atom. The molecule has 1 aromatic carbocycles. The summed E-state index contributed by atoms with van der Waals surface area (Å²) in [5.74, 6) is -0.179. The highest BCUT2D eigenvalue weighted by Crippen LogP contribution is 2.34. The van der Waals surface area contributed by atoms with Gasteiger partial charge in [0.1, 0.15) is 23.4 Å². The van der Waals surface area contributed by atoms with Crippen molar-refractivity contribution >= 4 is 22.0 Å². The van der Waals surface area contributed by atoms with Crippen LogP contribution in [0.15, 0.2) is 29.2 Å². The number of sulfonamides is 1. The highest BCUT2D eigenvalue weighted by molar-refractivity contribution is 7.89. The quantitative estimate of drug-likeness (QED) is 0.692. The molecule has 0 fully saturated rings. The van der Waals surface area contributed by atoms with Gasteiger partial charge in [-0.15, -0.1) is 0 Å². The molecule has 1 N–H and O–H groups in total. The van der Waals surface area contributed by atoms with E-state index in [1.807, 2.05) is 26.0 Å². The number of allylic oxidation sites excluding steroid dienone is 1. The number of hydrogen-bond donors (Lipinski definition) is 1. The molecular formula is C21H32N2O6S. The highest BCUT2D eigenvalue weighted by Gasteiger charge is 2.38. The minimum absolute atomic E-state index is 0.0400. The summed E-state index contributed by atoms with van der Waals surface area (Å²) in [5, 5.41) is 9.66. The second-order valence-electron chi connectivity index (χ2n) is 7.65. The average molecular weight is 441 g/mol. The number of carbonyl (C=O) groups is 1. The van der Waals surface area contributed by atoms with E-state index in [1.165, 1.54) is 22.4 Å². The predicted octanol–water partition coefficient (Wildman–Crippen LogP) is 1.59. The standard InChI is InChI=1S/C21H32N2O6S/c1-6-7-17-8-9-20-18(10-17)29-19(12-22(4)21(25)14-28-5)15(2)11-23(16(3)13-24)30(20,26)27/h6-10,15-16,19,24H,11-14H2,1-5H3/b7-6+/t15-,16+,19-/m1/s1. The maximum absolute atomic E-state index is 13.4. The van der Waals surface area contributed by atoms with Crippen LogP contribution < -0.4 is 4.74 Å². The van der Waals surface area contributed by atoms with Crippen LogP contribution in [-0.4, -0.2) is 81.2 Å². The second-order valence-corrected chi connectivity index (χ2v) is 9.51.